The van der Waals surface area contributed by atoms with Crippen molar-refractivity contribution in [1.29, 1.82) is 0 Å². The van der Waals surface area contributed by atoms with Crippen molar-refractivity contribution < 1.29 is 9.53 Å². The van der Waals surface area contributed by atoms with Crippen molar-refractivity contribution in [2.45, 2.75) is 86.2 Å². The molecule has 1 aliphatic heterocycles. The predicted octanol–water partition coefficient (Wildman–Crippen LogP) is 7.10. The van der Waals surface area contributed by atoms with Gasteiger partial charge in [-0.15, -0.1) is 0 Å². The standard InChI is InChI=1S/C27H37NO2/c1-16(2)19-12-10-11-13-20(19)24-21-14-22(28-23(29)15-26(5,6)7)17(3)18(4)25(21)30-27(24,8)9/h10-14,16,24H,15H2,1-9H3,(H,28,29). The first-order valence-electron chi connectivity index (χ1n) is 11.0. The molecule has 0 saturated heterocycles. The van der Waals surface area contributed by atoms with Crippen molar-refractivity contribution in [1.82, 2.24) is 0 Å². The van der Waals surface area contributed by atoms with Crippen LogP contribution in [0.4, 0.5) is 5.69 Å². The van der Waals surface area contributed by atoms with Crippen LogP contribution in [0, 0.1) is 19.3 Å². The molecule has 0 spiro atoms. The topological polar surface area (TPSA) is 38.3 Å². The molecule has 3 nitrogen and oxygen atoms in total. The number of rotatable bonds is 4. The summed E-state index contributed by atoms with van der Waals surface area (Å²) in [5, 5.41) is 3.18. The first-order valence-corrected chi connectivity index (χ1v) is 11.0. The highest BCUT2D eigenvalue weighted by Gasteiger charge is 2.44. The molecule has 30 heavy (non-hydrogen) atoms. The van der Waals surface area contributed by atoms with Crippen molar-refractivity contribution >= 4 is 11.6 Å². The summed E-state index contributed by atoms with van der Waals surface area (Å²) >= 11 is 0. The van der Waals surface area contributed by atoms with Gasteiger partial charge in [0.2, 0.25) is 5.91 Å². The third kappa shape index (κ3) is 4.26. The number of benzene rings is 2. The molecule has 1 heterocycles. The van der Waals surface area contributed by atoms with Crippen molar-refractivity contribution in [2.24, 2.45) is 5.41 Å². The first kappa shape index (κ1) is 22.4. The van der Waals surface area contributed by atoms with E-state index in [4.69, 9.17) is 4.74 Å². The maximum absolute atomic E-state index is 12.7. The van der Waals surface area contributed by atoms with Crippen LogP contribution < -0.4 is 10.1 Å². The van der Waals surface area contributed by atoms with Crippen LogP contribution >= 0.6 is 0 Å². The molecule has 0 aliphatic carbocycles. The van der Waals surface area contributed by atoms with E-state index in [1.807, 2.05) is 0 Å². The smallest absolute Gasteiger partial charge is 0.224 e. The highest BCUT2D eigenvalue weighted by atomic mass is 16.5. The van der Waals surface area contributed by atoms with Crippen molar-refractivity contribution in [3.63, 3.8) is 0 Å². The second kappa shape index (κ2) is 7.76. The van der Waals surface area contributed by atoms with Gasteiger partial charge in [-0.2, -0.15) is 0 Å². The van der Waals surface area contributed by atoms with Crippen LogP contribution in [0.5, 0.6) is 5.75 Å². The largest absolute Gasteiger partial charge is 0.486 e. The molecule has 1 aliphatic rings. The SMILES string of the molecule is Cc1c(NC(=O)CC(C)(C)C)cc2c(c1C)OC(C)(C)C2c1ccccc1C(C)C. The Labute approximate surface area is 182 Å². The molecule has 0 fully saturated rings. The third-order valence-corrected chi connectivity index (χ3v) is 6.13. The highest BCUT2D eigenvalue weighted by Crippen LogP contribution is 2.52. The van der Waals surface area contributed by atoms with Crippen LogP contribution in [0.15, 0.2) is 30.3 Å². The van der Waals surface area contributed by atoms with Gasteiger partial charge in [-0.1, -0.05) is 58.9 Å². The van der Waals surface area contributed by atoms with Crippen LogP contribution in [0.3, 0.4) is 0 Å². The van der Waals surface area contributed by atoms with E-state index in [2.05, 4.69) is 98.0 Å². The molecule has 0 bridgehead atoms. The number of carbonyl (C=O) groups excluding carboxylic acids is 1. The molecule has 2 aromatic carbocycles. The second-order valence-electron chi connectivity index (χ2n) is 10.8. The van der Waals surface area contributed by atoms with Gasteiger partial charge in [-0.25, -0.2) is 0 Å². The maximum atomic E-state index is 12.7. The Morgan fingerprint density at radius 3 is 2.33 bits per heavy atom. The van der Waals surface area contributed by atoms with Crippen LogP contribution in [0.2, 0.25) is 0 Å². The molecular weight excluding hydrogens is 370 g/mol. The zero-order valence-electron chi connectivity index (χ0n) is 20.1. The lowest BCUT2D eigenvalue weighted by atomic mass is 9.77. The van der Waals surface area contributed by atoms with Crippen molar-refractivity contribution in [3.8, 4) is 5.75 Å². The van der Waals surface area contributed by atoms with E-state index < -0.39 is 0 Å². The summed E-state index contributed by atoms with van der Waals surface area (Å²) in [6.07, 6.45) is 0.490. The van der Waals surface area contributed by atoms with Gasteiger partial charge in [-0.3, -0.25) is 4.79 Å². The molecule has 1 atom stereocenters. The number of hydrogen-bond acceptors (Lipinski definition) is 2. The van der Waals surface area contributed by atoms with Gasteiger partial charge in [-0.05, 0) is 67.3 Å². The monoisotopic (exact) mass is 407 g/mol. The molecule has 1 amide bonds. The van der Waals surface area contributed by atoms with Gasteiger partial charge in [0.05, 0.1) is 5.92 Å². The summed E-state index contributed by atoms with van der Waals surface area (Å²) in [4.78, 5) is 12.7. The fourth-order valence-corrected chi connectivity index (χ4v) is 4.61. The number of anilines is 1. The first-order chi connectivity index (χ1) is 13.8. The van der Waals surface area contributed by atoms with Gasteiger partial charge in [0.15, 0.2) is 0 Å². The van der Waals surface area contributed by atoms with Gasteiger partial charge in [0.25, 0.3) is 0 Å². The maximum Gasteiger partial charge on any atom is 0.224 e. The van der Waals surface area contributed by atoms with Gasteiger partial charge >= 0.3 is 0 Å². The summed E-state index contributed by atoms with van der Waals surface area (Å²) in [7, 11) is 0. The summed E-state index contributed by atoms with van der Waals surface area (Å²) in [5.74, 6) is 1.57. The zero-order chi connectivity index (χ0) is 22.4. The Kier molecular flexibility index (Phi) is 5.79. The normalized spacial score (nSPS) is 17.6. The molecule has 1 unspecified atom stereocenters. The lowest BCUT2D eigenvalue weighted by Crippen LogP contribution is -2.31. The number of amides is 1. The molecule has 3 heteroatoms. The number of nitrogens with one attached hydrogen (secondary N) is 1. The molecule has 0 radical (unpaired) electrons. The molecule has 2 aromatic rings. The average molecular weight is 408 g/mol. The van der Waals surface area contributed by atoms with E-state index in [0.717, 1.165) is 22.6 Å². The highest BCUT2D eigenvalue weighted by molar-refractivity contribution is 5.92. The number of hydrogen-bond donors (Lipinski definition) is 1. The fraction of sp³-hybridized carbons (Fsp3) is 0.519. The lowest BCUT2D eigenvalue weighted by Gasteiger charge is -2.29. The predicted molar refractivity (Wildman–Crippen MR) is 126 cm³/mol. The number of fused-ring (bicyclic) bond motifs is 1. The number of ether oxygens (including phenoxy) is 1. The fourth-order valence-electron chi connectivity index (χ4n) is 4.61. The van der Waals surface area contributed by atoms with Gasteiger partial charge in [0, 0.05) is 17.7 Å². The molecule has 0 aromatic heterocycles. The van der Waals surface area contributed by atoms with E-state index in [1.165, 1.54) is 16.7 Å². The van der Waals surface area contributed by atoms with Crippen LogP contribution in [0.1, 0.15) is 94.5 Å². The minimum absolute atomic E-state index is 0.0480. The Hall–Kier alpha value is -2.29. The van der Waals surface area contributed by atoms with E-state index in [1.54, 1.807) is 0 Å². The molecule has 162 valence electrons. The molecular formula is C27H37NO2. The van der Waals surface area contributed by atoms with Gasteiger partial charge in [0.1, 0.15) is 11.4 Å². The second-order valence-corrected chi connectivity index (χ2v) is 10.8. The molecule has 3 rings (SSSR count). The Morgan fingerprint density at radius 1 is 1.10 bits per heavy atom. The Balaban J connectivity index is 2.12. The number of carbonyl (C=O) groups is 1. The van der Waals surface area contributed by atoms with Crippen LogP contribution in [-0.2, 0) is 4.79 Å². The summed E-state index contributed by atoms with van der Waals surface area (Å²) < 4.78 is 6.54. The summed E-state index contributed by atoms with van der Waals surface area (Å²) in [6, 6.07) is 10.8. The lowest BCUT2D eigenvalue weighted by molar-refractivity contribution is -0.117. The quantitative estimate of drug-likeness (QED) is 0.587. The van der Waals surface area contributed by atoms with Gasteiger partial charge < -0.3 is 10.1 Å². The minimum Gasteiger partial charge on any atom is -0.486 e. The summed E-state index contributed by atoms with van der Waals surface area (Å²) in [6.45, 7) is 19.2. The van der Waals surface area contributed by atoms with Crippen LogP contribution in [0.25, 0.3) is 0 Å². The van der Waals surface area contributed by atoms with E-state index in [9.17, 15) is 4.79 Å². The van der Waals surface area contributed by atoms with Crippen LogP contribution in [-0.4, -0.2) is 11.5 Å². The third-order valence-electron chi connectivity index (χ3n) is 6.13. The van der Waals surface area contributed by atoms with E-state index in [-0.39, 0.29) is 22.8 Å². The molecule has 0 saturated carbocycles. The van der Waals surface area contributed by atoms with Crippen molar-refractivity contribution in [3.05, 3.63) is 58.1 Å². The van der Waals surface area contributed by atoms with Crippen molar-refractivity contribution in [2.75, 3.05) is 5.32 Å². The zero-order valence-corrected chi connectivity index (χ0v) is 20.1. The van der Waals surface area contributed by atoms with E-state index in [0.29, 0.717) is 12.3 Å². The average Bonchev–Trinajstić information content (AvgIpc) is 2.88. The van der Waals surface area contributed by atoms with E-state index >= 15 is 0 Å². The Morgan fingerprint density at radius 2 is 1.73 bits per heavy atom. The summed E-state index contributed by atoms with van der Waals surface area (Å²) in [5.41, 5.74) is 6.50. The molecule has 1 N–H and O–H groups in total. The Bertz CT molecular complexity index is 964. The minimum atomic E-state index is -0.363.